The van der Waals surface area contributed by atoms with Gasteiger partial charge in [0.2, 0.25) is 0 Å². The van der Waals surface area contributed by atoms with Crippen molar-refractivity contribution in [3.8, 4) is 11.3 Å². The van der Waals surface area contributed by atoms with Crippen molar-refractivity contribution >= 4 is 0 Å². The molecule has 0 spiro atoms. The number of hydrogen-bond acceptors (Lipinski definition) is 2. The Hall–Kier alpha value is -1.57. The molecule has 2 nitrogen and oxygen atoms in total. The van der Waals surface area contributed by atoms with Gasteiger partial charge in [0.1, 0.15) is 11.5 Å². The number of aromatic nitrogens is 1. The second-order valence-corrected chi connectivity index (χ2v) is 3.15. The van der Waals surface area contributed by atoms with E-state index in [1.807, 2.05) is 36.4 Å². The van der Waals surface area contributed by atoms with Crippen molar-refractivity contribution in [3.05, 3.63) is 49.1 Å². The fourth-order valence-corrected chi connectivity index (χ4v) is 1.35. The molecule has 0 atom stereocenters. The maximum atomic E-state index is 5.17. The third kappa shape index (κ3) is 1.84. The van der Waals surface area contributed by atoms with Crippen LogP contribution in [0.15, 0.2) is 40.9 Å². The molecule has 71 valence electrons. The number of aryl methyl sites for hydroxylation is 1. The molecule has 0 bridgehead atoms. The van der Waals surface area contributed by atoms with Gasteiger partial charge in [-0.1, -0.05) is 42.4 Å². The first-order chi connectivity index (χ1) is 6.90. The summed E-state index contributed by atoms with van der Waals surface area (Å²) < 4.78 is 5.17. The van der Waals surface area contributed by atoms with Gasteiger partial charge in [-0.25, -0.2) is 0 Å². The summed E-state index contributed by atoms with van der Waals surface area (Å²) in [7, 11) is 0. The second kappa shape index (κ2) is 4.09. The van der Waals surface area contributed by atoms with Gasteiger partial charge in [0.25, 0.3) is 0 Å². The lowest BCUT2D eigenvalue weighted by Crippen LogP contribution is -1.76. The van der Waals surface area contributed by atoms with E-state index in [2.05, 4.69) is 12.1 Å². The lowest BCUT2D eigenvalue weighted by atomic mass is 10.1. The van der Waals surface area contributed by atoms with E-state index in [9.17, 15) is 0 Å². The highest BCUT2D eigenvalue weighted by atomic mass is 16.5. The average molecular weight is 186 g/mol. The van der Waals surface area contributed by atoms with E-state index in [1.54, 1.807) is 0 Å². The van der Waals surface area contributed by atoms with Crippen molar-refractivity contribution in [2.45, 2.75) is 12.8 Å². The Morgan fingerprint density at radius 1 is 1.21 bits per heavy atom. The van der Waals surface area contributed by atoms with Gasteiger partial charge in [0.15, 0.2) is 0 Å². The van der Waals surface area contributed by atoms with Gasteiger partial charge < -0.3 is 4.52 Å². The fourth-order valence-electron chi connectivity index (χ4n) is 1.35. The highest BCUT2D eigenvalue weighted by Gasteiger charge is 2.04. The van der Waals surface area contributed by atoms with Crippen LogP contribution in [0.1, 0.15) is 12.2 Å². The van der Waals surface area contributed by atoms with Gasteiger partial charge in [-0.2, -0.15) is 0 Å². The molecule has 1 aromatic heterocycles. The van der Waals surface area contributed by atoms with Crippen LogP contribution in [0, 0.1) is 6.92 Å². The molecule has 0 aliphatic heterocycles. The minimum Gasteiger partial charge on any atom is -0.361 e. The predicted molar refractivity (Wildman–Crippen MR) is 55.6 cm³/mol. The number of rotatable bonds is 3. The van der Waals surface area contributed by atoms with Gasteiger partial charge >= 0.3 is 0 Å². The highest BCUT2D eigenvalue weighted by Crippen LogP contribution is 2.18. The Morgan fingerprint density at radius 3 is 2.71 bits per heavy atom. The molecule has 1 radical (unpaired) electrons. The van der Waals surface area contributed by atoms with Gasteiger partial charge in [0, 0.05) is 18.1 Å². The van der Waals surface area contributed by atoms with Gasteiger partial charge in [-0.05, 0) is 6.42 Å². The minimum atomic E-state index is 0.837. The standard InChI is InChI=1S/C12H12NO/c1-2-6-11-9-12(13-14-11)10-7-4-3-5-8-10/h3-5,7-9H,1-2,6H2. The van der Waals surface area contributed by atoms with E-state index in [4.69, 9.17) is 4.52 Å². The van der Waals surface area contributed by atoms with Crippen LogP contribution in [0.3, 0.4) is 0 Å². The molecule has 0 fully saturated rings. The molecule has 0 aliphatic rings. The lowest BCUT2D eigenvalue weighted by molar-refractivity contribution is 0.386. The molecule has 0 saturated carbocycles. The summed E-state index contributed by atoms with van der Waals surface area (Å²) >= 11 is 0. The Morgan fingerprint density at radius 2 is 2.00 bits per heavy atom. The van der Waals surface area contributed by atoms with Crippen molar-refractivity contribution < 1.29 is 4.52 Å². The fraction of sp³-hybridized carbons (Fsp3) is 0.167. The summed E-state index contributed by atoms with van der Waals surface area (Å²) in [6, 6.07) is 12.0. The molecule has 0 aliphatic carbocycles. The molecular formula is C12H12NO. The van der Waals surface area contributed by atoms with E-state index in [0.717, 1.165) is 29.9 Å². The number of benzene rings is 1. The third-order valence-corrected chi connectivity index (χ3v) is 2.05. The predicted octanol–water partition coefficient (Wildman–Crippen LogP) is 3.11. The Bertz CT molecular complexity index is 392. The number of hydrogen-bond donors (Lipinski definition) is 0. The minimum absolute atomic E-state index is 0.837. The Balaban J connectivity index is 2.25. The molecule has 2 rings (SSSR count). The third-order valence-electron chi connectivity index (χ3n) is 2.05. The molecular weight excluding hydrogens is 174 g/mol. The summed E-state index contributed by atoms with van der Waals surface area (Å²) in [5, 5.41) is 4.00. The molecule has 14 heavy (non-hydrogen) atoms. The van der Waals surface area contributed by atoms with E-state index in [1.165, 1.54) is 0 Å². The highest BCUT2D eigenvalue weighted by molar-refractivity contribution is 5.58. The largest absolute Gasteiger partial charge is 0.361 e. The van der Waals surface area contributed by atoms with E-state index < -0.39 is 0 Å². The zero-order valence-corrected chi connectivity index (χ0v) is 7.94. The second-order valence-electron chi connectivity index (χ2n) is 3.15. The van der Waals surface area contributed by atoms with Gasteiger partial charge in [-0.15, -0.1) is 0 Å². The summed E-state index contributed by atoms with van der Waals surface area (Å²) in [4.78, 5) is 0. The Kier molecular flexibility index (Phi) is 2.63. The van der Waals surface area contributed by atoms with E-state index in [0.29, 0.717) is 0 Å². The van der Waals surface area contributed by atoms with Gasteiger partial charge in [-0.3, -0.25) is 0 Å². The van der Waals surface area contributed by atoms with Crippen molar-refractivity contribution in [2.24, 2.45) is 0 Å². The van der Waals surface area contributed by atoms with Crippen LogP contribution in [0.2, 0.25) is 0 Å². The maximum absolute atomic E-state index is 5.17. The normalized spacial score (nSPS) is 10.4. The maximum Gasteiger partial charge on any atom is 0.137 e. The van der Waals surface area contributed by atoms with Crippen LogP contribution in [0.5, 0.6) is 0 Å². The summed E-state index contributed by atoms with van der Waals surface area (Å²) in [6.45, 7) is 3.78. The summed E-state index contributed by atoms with van der Waals surface area (Å²) in [6.07, 6.45) is 1.68. The Labute approximate surface area is 83.5 Å². The summed E-state index contributed by atoms with van der Waals surface area (Å²) in [5.41, 5.74) is 1.99. The first-order valence-electron chi connectivity index (χ1n) is 4.70. The molecule has 0 N–H and O–H groups in total. The SMILES string of the molecule is [CH2]CCc1cc(-c2ccccc2)no1. The van der Waals surface area contributed by atoms with Crippen LogP contribution < -0.4 is 0 Å². The molecule has 0 unspecified atom stereocenters. The average Bonchev–Trinajstić information content (AvgIpc) is 2.68. The lowest BCUT2D eigenvalue weighted by Gasteiger charge is -1.91. The van der Waals surface area contributed by atoms with Crippen LogP contribution in [-0.2, 0) is 6.42 Å². The van der Waals surface area contributed by atoms with Crippen molar-refractivity contribution in [3.63, 3.8) is 0 Å². The van der Waals surface area contributed by atoms with Gasteiger partial charge in [0.05, 0.1) is 0 Å². The van der Waals surface area contributed by atoms with Crippen LogP contribution in [0.4, 0.5) is 0 Å². The molecule has 0 amide bonds. The molecule has 2 heteroatoms. The smallest absolute Gasteiger partial charge is 0.137 e. The zero-order chi connectivity index (χ0) is 9.80. The first kappa shape index (κ1) is 9.00. The number of nitrogens with zero attached hydrogens (tertiary/aromatic N) is 1. The van der Waals surface area contributed by atoms with Crippen LogP contribution in [0.25, 0.3) is 11.3 Å². The molecule has 1 aromatic carbocycles. The van der Waals surface area contributed by atoms with Crippen LogP contribution in [-0.4, -0.2) is 5.16 Å². The van der Waals surface area contributed by atoms with Crippen LogP contribution >= 0.6 is 0 Å². The molecule has 0 saturated heterocycles. The quantitative estimate of drug-likeness (QED) is 0.736. The first-order valence-corrected chi connectivity index (χ1v) is 4.70. The molecule has 1 heterocycles. The van der Waals surface area contributed by atoms with Crippen molar-refractivity contribution in [1.82, 2.24) is 5.16 Å². The van der Waals surface area contributed by atoms with Crippen molar-refractivity contribution in [2.75, 3.05) is 0 Å². The topological polar surface area (TPSA) is 26.0 Å². The monoisotopic (exact) mass is 186 g/mol. The van der Waals surface area contributed by atoms with Crippen molar-refractivity contribution in [1.29, 1.82) is 0 Å². The molecule has 2 aromatic rings. The van der Waals surface area contributed by atoms with E-state index >= 15 is 0 Å². The summed E-state index contributed by atoms with van der Waals surface area (Å²) in [5.74, 6) is 0.902. The van der Waals surface area contributed by atoms with E-state index in [-0.39, 0.29) is 0 Å². The zero-order valence-electron chi connectivity index (χ0n) is 7.94.